The molecule has 0 heterocycles. The minimum Gasteiger partial charge on any atom is -0.504 e. The molecule has 15 heavy (non-hydrogen) atoms. The van der Waals surface area contributed by atoms with E-state index >= 15 is 0 Å². The van der Waals surface area contributed by atoms with Crippen molar-refractivity contribution in [3.8, 4) is 17.2 Å². The number of aliphatic hydroxyl groups is 3. The summed E-state index contributed by atoms with van der Waals surface area (Å²) in [6.07, 6.45) is 0. The zero-order valence-corrected chi connectivity index (χ0v) is 7.25. The highest BCUT2D eigenvalue weighted by atomic mass is 16.7. The molecule has 7 nitrogen and oxygen atoms in total. The number of hydrogen-bond donors (Lipinski definition) is 6. The Balaban J connectivity index is 3.29. The van der Waals surface area contributed by atoms with Gasteiger partial charge in [0.2, 0.25) is 5.75 Å². The van der Waals surface area contributed by atoms with Gasteiger partial charge >= 0.3 is 5.97 Å². The van der Waals surface area contributed by atoms with Crippen molar-refractivity contribution >= 4 is 5.78 Å². The van der Waals surface area contributed by atoms with Crippen molar-refractivity contribution in [2.24, 2.45) is 0 Å². The van der Waals surface area contributed by atoms with Crippen molar-refractivity contribution < 1.29 is 35.4 Å². The normalized spacial score (nSPS) is 11.4. The lowest BCUT2D eigenvalue weighted by molar-refractivity contribution is -0.267. The number of Topliss-reactive ketones (excluding diaryl/α,β-unsaturated/α-hetero) is 1. The lowest BCUT2D eigenvalue weighted by Gasteiger charge is -2.13. The van der Waals surface area contributed by atoms with Gasteiger partial charge in [-0.05, 0) is 12.1 Å². The third-order valence-electron chi connectivity index (χ3n) is 1.68. The smallest absolute Gasteiger partial charge is 0.344 e. The lowest BCUT2D eigenvalue weighted by Crippen LogP contribution is -2.37. The fourth-order valence-corrected chi connectivity index (χ4v) is 0.933. The first-order valence-corrected chi connectivity index (χ1v) is 3.71. The molecule has 0 radical (unpaired) electrons. The third-order valence-corrected chi connectivity index (χ3v) is 1.68. The number of phenols is 3. The van der Waals surface area contributed by atoms with Gasteiger partial charge in [0, 0.05) is 0 Å². The molecular formula is C8H8O7. The van der Waals surface area contributed by atoms with E-state index in [9.17, 15) is 4.79 Å². The molecule has 0 bridgehead atoms. The molecule has 0 unspecified atom stereocenters. The van der Waals surface area contributed by atoms with Gasteiger partial charge < -0.3 is 30.6 Å². The van der Waals surface area contributed by atoms with Gasteiger partial charge in [0.15, 0.2) is 11.5 Å². The lowest BCUT2D eigenvalue weighted by atomic mass is 10.1. The molecule has 82 valence electrons. The quantitative estimate of drug-likeness (QED) is 0.203. The minimum atomic E-state index is -3.65. The number of benzene rings is 1. The van der Waals surface area contributed by atoms with Gasteiger partial charge in [-0.3, -0.25) is 4.79 Å². The summed E-state index contributed by atoms with van der Waals surface area (Å²) in [5.74, 6) is -8.02. The molecule has 0 fully saturated rings. The Bertz CT molecular complexity index is 404. The van der Waals surface area contributed by atoms with Crippen LogP contribution >= 0.6 is 0 Å². The second-order valence-corrected chi connectivity index (χ2v) is 2.79. The van der Waals surface area contributed by atoms with E-state index in [1.807, 2.05) is 0 Å². The summed E-state index contributed by atoms with van der Waals surface area (Å²) in [4.78, 5) is 11.0. The van der Waals surface area contributed by atoms with E-state index in [1.165, 1.54) is 0 Å². The van der Waals surface area contributed by atoms with E-state index in [0.717, 1.165) is 12.1 Å². The zero-order chi connectivity index (χ0) is 11.8. The summed E-state index contributed by atoms with van der Waals surface area (Å²) in [5.41, 5.74) is -0.738. The molecule has 1 aromatic carbocycles. The summed E-state index contributed by atoms with van der Waals surface area (Å²) >= 11 is 0. The number of carbonyl (C=O) groups excluding carboxylic acids is 1. The van der Waals surface area contributed by atoms with Gasteiger partial charge in [-0.25, -0.2) is 0 Å². The Hall–Kier alpha value is -1.83. The number of aromatic hydroxyl groups is 3. The maximum atomic E-state index is 11.0. The standard InChI is InChI=1S/C8H8O7/c9-4-2-1-3(5(10)6(4)11)7(12)8(13,14)15/h1-2,9-11,13-15H. The van der Waals surface area contributed by atoms with Crippen molar-refractivity contribution in [3.05, 3.63) is 17.7 Å². The Labute approximate surface area is 83.1 Å². The summed E-state index contributed by atoms with van der Waals surface area (Å²) in [7, 11) is 0. The Morgan fingerprint density at radius 1 is 1.00 bits per heavy atom. The highest BCUT2D eigenvalue weighted by Crippen LogP contribution is 2.37. The van der Waals surface area contributed by atoms with Crippen molar-refractivity contribution in [2.45, 2.75) is 5.97 Å². The number of rotatable bonds is 2. The molecule has 7 heteroatoms. The first-order valence-electron chi connectivity index (χ1n) is 3.71. The zero-order valence-electron chi connectivity index (χ0n) is 7.25. The molecule has 0 saturated heterocycles. The van der Waals surface area contributed by atoms with E-state index in [1.54, 1.807) is 0 Å². The molecule has 0 saturated carbocycles. The van der Waals surface area contributed by atoms with Gasteiger partial charge in [-0.1, -0.05) is 0 Å². The van der Waals surface area contributed by atoms with E-state index in [0.29, 0.717) is 0 Å². The van der Waals surface area contributed by atoms with Gasteiger partial charge in [0.25, 0.3) is 5.78 Å². The van der Waals surface area contributed by atoms with Crippen LogP contribution in [0.3, 0.4) is 0 Å². The average Bonchev–Trinajstić information content (AvgIpc) is 2.12. The largest absolute Gasteiger partial charge is 0.504 e. The Kier molecular flexibility index (Phi) is 2.54. The Morgan fingerprint density at radius 2 is 1.53 bits per heavy atom. The van der Waals surface area contributed by atoms with Gasteiger partial charge in [-0.15, -0.1) is 0 Å². The van der Waals surface area contributed by atoms with Crippen LogP contribution in [0.2, 0.25) is 0 Å². The molecular weight excluding hydrogens is 208 g/mol. The van der Waals surface area contributed by atoms with Crippen LogP contribution in [0.5, 0.6) is 17.2 Å². The SMILES string of the molecule is O=C(c1ccc(O)c(O)c1O)C(O)(O)O. The second-order valence-electron chi connectivity index (χ2n) is 2.79. The van der Waals surface area contributed by atoms with Crippen LogP contribution in [-0.2, 0) is 0 Å². The highest BCUT2D eigenvalue weighted by molar-refractivity contribution is 6.03. The molecule has 0 atom stereocenters. The van der Waals surface area contributed by atoms with Gasteiger partial charge in [-0.2, -0.15) is 0 Å². The molecule has 0 amide bonds. The molecule has 1 rings (SSSR count). The van der Waals surface area contributed by atoms with E-state index in [2.05, 4.69) is 0 Å². The summed E-state index contributed by atoms with van der Waals surface area (Å²) in [6.45, 7) is 0. The fourth-order valence-electron chi connectivity index (χ4n) is 0.933. The number of phenolic OH excluding ortho intramolecular Hbond substituents is 3. The van der Waals surface area contributed by atoms with Crippen LogP contribution < -0.4 is 0 Å². The summed E-state index contributed by atoms with van der Waals surface area (Å²) in [6, 6.07) is 1.65. The fraction of sp³-hybridized carbons (Fsp3) is 0.125. The van der Waals surface area contributed by atoms with Crippen molar-refractivity contribution in [3.63, 3.8) is 0 Å². The predicted octanol–water partition coefficient (Wildman–Crippen LogP) is -1.38. The maximum absolute atomic E-state index is 11.0. The number of ketones is 1. The molecule has 0 aromatic heterocycles. The topological polar surface area (TPSA) is 138 Å². The third kappa shape index (κ3) is 1.99. The van der Waals surface area contributed by atoms with Crippen LogP contribution in [0.1, 0.15) is 10.4 Å². The van der Waals surface area contributed by atoms with E-state index < -0.39 is 34.6 Å². The van der Waals surface area contributed by atoms with Gasteiger partial charge in [0.05, 0.1) is 5.56 Å². The van der Waals surface area contributed by atoms with Crippen molar-refractivity contribution in [2.75, 3.05) is 0 Å². The Morgan fingerprint density at radius 3 is 2.00 bits per heavy atom. The van der Waals surface area contributed by atoms with Crippen molar-refractivity contribution in [1.82, 2.24) is 0 Å². The molecule has 0 aliphatic rings. The van der Waals surface area contributed by atoms with Crippen molar-refractivity contribution in [1.29, 1.82) is 0 Å². The van der Waals surface area contributed by atoms with Crippen LogP contribution in [0.4, 0.5) is 0 Å². The highest BCUT2D eigenvalue weighted by Gasteiger charge is 2.34. The first kappa shape index (κ1) is 11.2. The second kappa shape index (κ2) is 3.39. The first-order chi connectivity index (χ1) is 6.75. The average molecular weight is 216 g/mol. The number of carbonyl (C=O) groups is 1. The summed E-state index contributed by atoms with van der Waals surface area (Å²) < 4.78 is 0. The molecule has 0 spiro atoms. The molecule has 0 aliphatic heterocycles. The van der Waals surface area contributed by atoms with Gasteiger partial charge in [0.1, 0.15) is 0 Å². The number of hydrogen-bond acceptors (Lipinski definition) is 7. The van der Waals surface area contributed by atoms with Crippen LogP contribution in [0.25, 0.3) is 0 Å². The van der Waals surface area contributed by atoms with Crippen LogP contribution in [0.15, 0.2) is 12.1 Å². The maximum Gasteiger partial charge on any atom is 0.344 e. The molecule has 1 aromatic rings. The minimum absolute atomic E-state index is 0.691. The monoisotopic (exact) mass is 216 g/mol. The predicted molar refractivity (Wildman–Crippen MR) is 45.2 cm³/mol. The van der Waals surface area contributed by atoms with Crippen LogP contribution in [0, 0.1) is 0 Å². The molecule has 6 N–H and O–H groups in total. The molecule has 0 aliphatic carbocycles. The van der Waals surface area contributed by atoms with Crippen LogP contribution in [-0.4, -0.2) is 42.4 Å². The summed E-state index contributed by atoms with van der Waals surface area (Å²) in [5, 5.41) is 52.6. The van der Waals surface area contributed by atoms with E-state index in [-0.39, 0.29) is 0 Å². The van der Waals surface area contributed by atoms with E-state index in [4.69, 9.17) is 30.6 Å².